The molecule has 224 valence electrons. The molecule has 7 nitrogen and oxygen atoms in total. The Bertz CT molecular complexity index is 1730. The normalized spacial score (nSPS) is 14.1. The Labute approximate surface area is 253 Å². The number of ether oxygens (including phenoxy) is 4. The largest absolute Gasteiger partial charge is 0.493 e. The lowest BCUT2D eigenvalue weighted by atomic mass is 9.97. The lowest BCUT2D eigenvalue weighted by Crippen LogP contribution is -2.09. The van der Waals surface area contributed by atoms with Gasteiger partial charge in [-0.25, -0.2) is 0 Å². The minimum absolute atomic E-state index is 0.269. The van der Waals surface area contributed by atoms with E-state index < -0.39 is 0 Å². The molecule has 0 N–H and O–H groups in total. The van der Waals surface area contributed by atoms with Crippen LogP contribution in [0.2, 0.25) is 0 Å². The molecule has 0 unspecified atom stereocenters. The maximum atomic E-state index is 6.35. The number of hydrogen-bond acceptors (Lipinski definition) is 5. The van der Waals surface area contributed by atoms with Gasteiger partial charge in [-0.1, -0.05) is 73.7 Å². The average molecular weight is 580 g/mol. The first-order valence-electron chi connectivity index (χ1n) is 15.4. The Kier molecular flexibility index (Phi) is 9.22. The molecule has 0 saturated carbocycles. The van der Waals surface area contributed by atoms with Crippen LogP contribution in [0.3, 0.4) is 0 Å². The molecule has 7 heteroatoms. The highest BCUT2D eigenvalue weighted by atomic mass is 16.7. The van der Waals surface area contributed by atoms with Crippen LogP contribution in [-0.2, 0) is 53.9 Å². The third-order valence-corrected chi connectivity index (χ3v) is 8.24. The van der Waals surface area contributed by atoms with E-state index in [1.165, 1.54) is 44.4 Å². The number of aryl methyl sites for hydroxylation is 2. The molecule has 43 heavy (non-hydrogen) atoms. The molecule has 0 amide bonds. The van der Waals surface area contributed by atoms with Gasteiger partial charge >= 0.3 is 0 Å². The standard InChI is InChI=1S/C36H41N3O4/c1-4-32-35-30-17-11-16-29-28(18-12-22-43-34-19-10-14-26-13-6-7-15-27(26)34)33(24-42-25-40-5-2)39(36(29)30)20-8-9-21-41-23-31(35)37-38(32)3/h6-11,13-17,19H,4-5,12,18,20-25H2,1-3H3/b9-8-. The number of aromatic nitrogens is 3. The highest BCUT2D eigenvalue weighted by Gasteiger charge is 2.24. The van der Waals surface area contributed by atoms with Gasteiger partial charge in [0.05, 0.1) is 37.6 Å². The highest BCUT2D eigenvalue weighted by molar-refractivity contribution is 5.99. The third kappa shape index (κ3) is 5.98. The van der Waals surface area contributed by atoms with Gasteiger partial charge in [0.25, 0.3) is 0 Å². The summed E-state index contributed by atoms with van der Waals surface area (Å²) in [5.41, 5.74) is 8.28. The van der Waals surface area contributed by atoms with Gasteiger partial charge in [-0.2, -0.15) is 5.10 Å². The smallest absolute Gasteiger partial charge is 0.147 e. The molecule has 0 spiro atoms. The van der Waals surface area contributed by atoms with Crippen molar-refractivity contribution < 1.29 is 18.9 Å². The number of fused-ring (bicyclic) bond motifs is 3. The van der Waals surface area contributed by atoms with E-state index in [1.807, 2.05) is 18.7 Å². The van der Waals surface area contributed by atoms with Gasteiger partial charge in [-0.3, -0.25) is 4.68 Å². The lowest BCUT2D eigenvalue weighted by Gasteiger charge is -2.14. The first-order valence-corrected chi connectivity index (χ1v) is 15.4. The fourth-order valence-electron chi connectivity index (χ4n) is 6.32. The van der Waals surface area contributed by atoms with Crippen LogP contribution in [-0.4, -0.2) is 41.0 Å². The fraction of sp³-hybridized carbons (Fsp3) is 0.361. The minimum atomic E-state index is 0.269. The van der Waals surface area contributed by atoms with Crippen LogP contribution < -0.4 is 4.74 Å². The van der Waals surface area contributed by atoms with Gasteiger partial charge in [-0.15, -0.1) is 0 Å². The number of para-hydroxylation sites is 1. The van der Waals surface area contributed by atoms with Crippen molar-refractivity contribution in [1.29, 1.82) is 0 Å². The molecular weight excluding hydrogens is 538 g/mol. The summed E-state index contributed by atoms with van der Waals surface area (Å²) in [7, 11) is 2.03. The second-order valence-corrected chi connectivity index (χ2v) is 10.9. The lowest BCUT2D eigenvalue weighted by molar-refractivity contribution is -0.0587. The van der Waals surface area contributed by atoms with Crippen LogP contribution in [0.5, 0.6) is 5.75 Å². The van der Waals surface area contributed by atoms with Gasteiger partial charge in [0.2, 0.25) is 0 Å². The molecule has 1 aliphatic rings. The predicted molar refractivity (Wildman–Crippen MR) is 171 cm³/mol. The first kappa shape index (κ1) is 29.2. The summed E-state index contributed by atoms with van der Waals surface area (Å²) in [4.78, 5) is 0. The first-order chi connectivity index (χ1) is 21.2. The van der Waals surface area contributed by atoms with Gasteiger partial charge in [0.15, 0.2) is 0 Å². The molecule has 5 aromatic rings. The molecule has 1 aliphatic heterocycles. The van der Waals surface area contributed by atoms with Crippen molar-refractivity contribution in [2.45, 2.75) is 52.9 Å². The van der Waals surface area contributed by atoms with E-state index in [4.69, 9.17) is 24.0 Å². The quantitative estimate of drug-likeness (QED) is 0.0929. The molecule has 0 radical (unpaired) electrons. The number of allylic oxidation sites excluding steroid dienone is 1. The van der Waals surface area contributed by atoms with Crippen molar-refractivity contribution in [3.05, 3.63) is 95.5 Å². The third-order valence-electron chi connectivity index (χ3n) is 8.24. The summed E-state index contributed by atoms with van der Waals surface area (Å²) in [6.07, 6.45) is 6.94. The van der Waals surface area contributed by atoms with E-state index in [0.717, 1.165) is 42.6 Å². The molecule has 3 heterocycles. The molecule has 0 atom stereocenters. The Morgan fingerprint density at radius 2 is 1.74 bits per heavy atom. The Morgan fingerprint density at radius 3 is 2.63 bits per heavy atom. The van der Waals surface area contributed by atoms with Gasteiger partial charge in [-0.05, 0) is 43.2 Å². The van der Waals surface area contributed by atoms with E-state index in [2.05, 4.69) is 84.3 Å². The summed E-state index contributed by atoms with van der Waals surface area (Å²) >= 11 is 0. The summed E-state index contributed by atoms with van der Waals surface area (Å²) in [5, 5.41) is 8.49. The summed E-state index contributed by atoms with van der Waals surface area (Å²) in [5.74, 6) is 0.932. The van der Waals surface area contributed by atoms with Crippen molar-refractivity contribution >= 4 is 21.7 Å². The Hall–Kier alpha value is -3.91. The summed E-state index contributed by atoms with van der Waals surface area (Å²) in [6.45, 7) is 7.93. The topological polar surface area (TPSA) is 59.7 Å². The summed E-state index contributed by atoms with van der Waals surface area (Å²) in [6, 6.07) is 21.3. The molecule has 0 fully saturated rings. The van der Waals surface area contributed by atoms with E-state index in [9.17, 15) is 0 Å². The number of benzene rings is 3. The van der Waals surface area contributed by atoms with Crippen molar-refractivity contribution in [1.82, 2.24) is 14.3 Å². The van der Waals surface area contributed by atoms with Crippen LogP contribution in [0.4, 0.5) is 0 Å². The molecule has 2 aromatic heterocycles. The molecule has 0 saturated heterocycles. The molecular formula is C36H41N3O4. The van der Waals surface area contributed by atoms with E-state index in [0.29, 0.717) is 33.0 Å². The van der Waals surface area contributed by atoms with Crippen LogP contribution in [0, 0.1) is 0 Å². The zero-order valence-electron chi connectivity index (χ0n) is 25.5. The van der Waals surface area contributed by atoms with Crippen LogP contribution in [0.15, 0.2) is 72.8 Å². The molecule has 0 bridgehead atoms. The maximum absolute atomic E-state index is 6.35. The monoisotopic (exact) mass is 579 g/mol. The van der Waals surface area contributed by atoms with E-state index >= 15 is 0 Å². The minimum Gasteiger partial charge on any atom is -0.493 e. The molecule has 6 rings (SSSR count). The van der Waals surface area contributed by atoms with Crippen molar-refractivity contribution in [2.75, 3.05) is 26.6 Å². The second-order valence-electron chi connectivity index (χ2n) is 10.9. The van der Waals surface area contributed by atoms with E-state index in [1.54, 1.807) is 0 Å². The Morgan fingerprint density at radius 1 is 0.907 bits per heavy atom. The molecule has 3 aromatic carbocycles. The number of hydrogen-bond donors (Lipinski definition) is 0. The average Bonchev–Trinajstić information content (AvgIpc) is 3.50. The number of nitrogens with zero attached hydrogens (tertiary/aromatic N) is 3. The van der Waals surface area contributed by atoms with Crippen molar-refractivity contribution in [3.63, 3.8) is 0 Å². The van der Waals surface area contributed by atoms with Gasteiger partial charge in [0, 0.05) is 53.5 Å². The van der Waals surface area contributed by atoms with Gasteiger partial charge < -0.3 is 23.5 Å². The zero-order valence-corrected chi connectivity index (χ0v) is 25.5. The van der Waals surface area contributed by atoms with Crippen LogP contribution in [0.25, 0.3) is 32.8 Å². The van der Waals surface area contributed by atoms with Crippen molar-refractivity contribution in [3.8, 4) is 16.9 Å². The van der Waals surface area contributed by atoms with Gasteiger partial charge in [0.1, 0.15) is 12.5 Å². The van der Waals surface area contributed by atoms with Crippen LogP contribution in [0.1, 0.15) is 42.9 Å². The SMILES string of the molecule is CCOCOCc1c(CCCOc2cccc3ccccc23)c2cccc3c2n1C/C=C\COCc1nn(C)c(CC)c1-3. The van der Waals surface area contributed by atoms with E-state index in [-0.39, 0.29) is 6.79 Å². The Balaban J connectivity index is 1.40. The fourth-order valence-corrected chi connectivity index (χ4v) is 6.32. The zero-order chi connectivity index (χ0) is 29.6. The maximum Gasteiger partial charge on any atom is 0.147 e. The summed E-state index contributed by atoms with van der Waals surface area (Å²) < 4.78 is 28.5. The highest BCUT2D eigenvalue weighted by Crippen LogP contribution is 2.39. The predicted octanol–water partition coefficient (Wildman–Crippen LogP) is 7.37. The second kappa shape index (κ2) is 13.6. The number of rotatable bonds is 11. The molecule has 0 aliphatic carbocycles. The van der Waals surface area contributed by atoms with Crippen LogP contribution >= 0.6 is 0 Å². The van der Waals surface area contributed by atoms with Crippen molar-refractivity contribution in [2.24, 2.45) is 7.05 Å².